The van der Waals surface area contributed by atoms with Gasteiger partial charge >= 0.3 is 5.97 Å². The van der Waals surface area contributed by atoms with Gasteiger partial charge < -0.3 is 9.47 Å². The molecule has 1 atom stereocenters. The van der Waals surface area contributed by atoms with Crippen molar-refractivity contribution in [2.75, 3.05) is 13.2 Å². The molecule has 1 heterocycles. The summed E-state index contributed by atoms with van der Waals surface area (Å²) in [6, 6.07) is 0. The highest BCUT2D eigenvalue weighted by atomic mass is 16.6. The molecule has 68 valence electrons. The van der Waals surface area contributed by atoms with Crippen LogP contribution >= 0.6 is 0 Å². The molecule has 1 aliphatic rings. The number of esters is 1. The van der Waals surface area contributed by atoms with Crippen molar-refractivity contribution in [1.82, 2.24) is 0 Å². The molecule has 1 saturated heterocycles. The van der Waals surface area contributed by atoms with E-state index in [9.17, 15) is 4.79 Å². The van der Waals surface area contributed by atoms with Gasteiger partial charge in [0.2, 0.25) is 0 Å². The van der Waals surface area contributed by atoms with Crippen LogP contribution in [-0.4, -0.2) is 25.3 Å². The summed E-state index contributed by atoms with van der Waals surface area (Å²) in [5, 5.41) is 0. The van der Waals surface area contributed by atoms with Gasteiger partial charge in [-0.2, -0.15) is 0 Å². The number of carbonyl (C=O) groups excluding carboxylic acids is 1. The molecule has 0 N–H and O–H groups in total. The molecule has 3 nitrogen and oxygen atoms in total. The van der Waals surface area contributed by atoms with E-state index in [0.29, 0.717) is 18.8 Å². The Morgan fingerprint density at radius 2 is 2.42 bits per heavy atom. The van der Waals surface area contributed by atoms with Gasteiger partial charge in [-0.15, -0.1) is 0 Å². The second-order valence-electron chi connectivity index (χ2n) is 2.86. The van der Waals surface area contributed by atoms with E-state index in [0.717, 1.165) is 6.42 Å². The van der Waals surface area contributed by atoms with Gasteiger partial charge in [-0.25, -0.2) is 4.79 Å². The minimum atomic E-state index is -0.229. The zero-order chi connectivity index (χ0) is 8.97. The van der Waals surface area contributed by atoms with Crippen molar-refractivity contribution in [2.45, 2.75) is 26.4 Å². The largest absolute Gasteiger partial charge is 0.456 e. The molecule has 0 aromatic carbocycles. The predicted molar refractivity (Wildman–Crippen MR) is 44.7 cm³/mol. The van der Waals surface area contributed by atoms with Crippen LogP contribution in [0.5, 0.6) is 0 Å². The fraction of sp³-hybridized carbons (Fsp3) is 0.667. The van der Waals surface area contributed by atoms with E-state index in [1.165, 1.54) is 0 Å². The summed E-state index contributed by atoms with van der Waals surface area (Å²) >= 11 is 0. The van der Waals surface area contributed by atoms with Crippen molar-refractivity contribution in [1.29, 1.82) is 0 Å². The van der Waals surface area contributed by atoms with Crippen molar-refractivity contribution in [2.24, 2.45) is 0 Å². The van der Waals surface area contributed by atoms with Crippen LogP contribution in [0.3, 0.4) is 0 Å². The van der Waals surface area contributed by atoms with E-state index in [4.69, 9.17) is 9.47 Å². The van der Waals surface area contributed by atoms with Crippen molar-refractivity contribution >= 4 is 5.97 Å². The highest BCUT2D eigenvalue weighted by Gasteiger charge is 2.19. The van der Waals surface area contributed by atoms with Gasteiger partial charge in [-0.05, 0) is 13.8 Å². The standard InChI is InChI=1S/C9H14O3/c1-3-7(2)9(10)12-8-4-5-11-6-8/h3,8H,4-6H2,1-2H3/b7-3-. The van der Waals surface area contributed by atoms with E-state index in [-0.39, 0.29) is 12.1 Å². The maximum Gasteiger partial charge on any atom is 0.333 e. The fourth-order valence-corrected chi connectivity index (χ4v) is 0.968. The first-order chi connectivity index (χ1) is 5.74. The first-order valence-corrected chi connectivity index (χ1v) is 4.15. The molecular formula is C9H14O3. The molecule has 1 fully saturated rings. The number of carbonyl (C=O) groups is 1. The maximum atomic E-state index is 11.2. The molecule has 1 unspecified atom stereocenters. The molecule has 0 aromatic rings. The summed E-state index contributed by atoms with van der Waals surface area (Å²) in [4.78, 5) is 11.2. The lowest BCUT2D eigenvalue weighted by Crippen LogP contribution is -2.18. The Kier molecular flexibility index (Phi) is 3.29. The number of rotatable bonds is 2. The maximum absolute atomic E-state index is 11.2. The minimum Gasteiger partial charge on any atom is -0.456 e. The van der Waals surface area contributed by atoms with E-state index in [2.05, 4.69) is 0 Å². The van der Waals surface area contributed by atoms with Gasteiger partial charge in [-0.3, -0.25) is 0 Å². The normalized spacial score (nSPS) is 24.2. The van der Waals surface area contributed by atoms with Crippen LogP contribution in [0.2, 0.25) is 0 Å². The average Bonchev–Trinajstić information content (AvgIpc) is 2.55. The molecule has 12 heavy (non-hydrogen) atoms. The lowest BCUT2D eigenvalue weighted by atomic mass is 10.3. The fourth-order valence-electron chi connectivity index (χ4n) is 0.968. The Balaban J connectivity index is 2.35. The Hall–Kier alpha value is -0.830. The number of hydrogen-bond acceptors (Lipinski definition) is 3. The van der Waals surface area contributed by atoms with E-state index in [1.807, 2.05) is 6.92 Å². The van der Waals surface area contributed by atoms with E-state index < -0.39 is 0 Å². The lowest BCUT2D eigenvalue weighted by Gasteiger charge is -2.09. The van der Waals surface area contributed by atoms with E-state index >= 15 is 0 Å². The van der Waals surface area contributed by atoms with Crippen LogP contribution < -0.4 is 0 Å². The van der Waals surface area contributed by atoms with E-state index in [1.54, 1.807) is 13.0 Å². The molecule has 0 radical (unpaired) electrons. The first kappa shape index (κ1) is 9.26. The van der Waals surface area contributed by atoms with Gasteiger partial charge in [0.25, 0.3) is 0 Å². The molecule has 0 spiro atoms. The number of ether oxygens (including phenoxy) is 2. The summed E-state index contributed by atoms with van der Waals surface area (Å²) in [6.07, 6.45) is 2.54. The summed E-state index contributed by atoms with van der Waals surface area (Å²) in [6.45, 7) is 4.81. The third-order valence-electron chi connectivity index (χ3n) is 1.92. The molecule has 0 aromatic heterocycles. The Labute approximate surface area is 72.4 Å². The monoisotopic (exact) mass is 170 g/mol. The van der Waals surface area contributed by atoms with Gasteiger partial charge in [0.15, 0.2) is 0 Å². The summed E-state index contributed by atoms with van der Waals surface area (Å²) in [5.41, 5.74) is 0.655. The number of allylic oxidation sites excluding steroid dienone is 1. The average molecular weight is 170 g/mol. The molecule has 0 aliphatic carbocycles. The quantitative estimate of drug-likeness (QED) is 0.462. The Bertz CT molecular complexity index is 190. The highest BCUT2D eigenvalue weighted by molar-refractivity contribution is 5.87. The third kappa shape index (κ3) is 2.34. The lowest BCUT2D eigenvalue weighted by molar-refractivity contribution is -0.144. The van der Waals surface area contributed by atoms with Crippen molar-refractivity contribution in [3.8, 4) is 0 Å². The zero-order valence-electron chi connectivity index (χ0n) is 7.50. The van der Waals surface area contributed by atoms with Gasteiger partial charge in [0.1, 0.15) is 6.10 Å². The Morgan fingerprint density at radius 3 is 2.92 bits per heavy atom. The zero-order valence-corrected chi connectivity index (χ0v) is 7.50. The second kappa shape index (κ2) is 4.26. The predicted octanol–water partition coefficient (Wildman–Crippen LogP) is 1.28. The highest BCUT2D eigenvalue weighted by Crippen LogP contribution is 2.10. The summed E-state index contributed by atoms with van der Waals surface area (Å²) in [7, 11) is 0. The van der Waals surface area contributed by atoms with Crippen LogP contribution in [-0.2, 0) is 14.3 Å². The van der Waals surface area contributed by atoms with Crippen molar-refractivity contribution in [3.63, 3.8) is 0 Å². The minimum absolute atomic E-state index is 0.0348. The smallest absolute Gasteiger partial charge is 0.333 e. The summed E-state index contributed by atoms with van der Waals surface area (Å²) in [5.74, 6) is -0.229. The van der Waals surface area contributed by atoms with Crippen LogP contribution in [0.1, 0.15) is 20.3 Å². The molecular weight excluding hydrogens is 156 g/mol. The third-order valence-corrected chi connectivity index (χ3v) is 1.92. The van der Waals surface area contributed by atoms with Gasteiger partial charge in [0, 0.05) is 12.0 Å². The molecule has 0 saturated carbocycles. The first-order valence-electron chi connectivity index (χ1n) is 4.15. The molecule has 3 heteroatoms. The molecule has 0 amide bonds. The van der Waals surface area contributed by atoms with Crippen LogP contribution in [0.4, 0.5) is 0 Å². The van der Waals surface area contributed by atoms with Crippen molar-refractivity contribution in [3.05, 3.63) is 11.6 Å². The van der Waals surface area contributed by atoms with Crippen LogP contribution in [0.15, 0.2) is 11.6 Å². The SMILES string of the molecule is C/C=C(/C)C(=O)OC1CCOC1. The topological polar surface area (TPSA) is 35.5 Å². The Morgan fingerprint density at radius 1 is 1.67 bits per heavy atom. The van der Waals surface area contributed by atoms with Crippen molar-refractivity contribution < 1.29 is 14.3 Å². The van der Waals surface area contributed by atoms with Gasteiger partial charge in [-0.1, -0.05) is 6.08 Å². The van der Waals surface area contributed by atoms with Crippen LogP contribution in [0.25, 0.3) is 0 Å². The second-order valence-corrected chi connectivity index (χ2v) is 2.86. The molecule has 1 rings (SSSR count). The van der Waals surface area contributed by atoms with Gasteiger partial charge in [0.05, 0.1) is 13.2 Å². The molecule has 1 aliphatic heterocycles. The van der Waals surface area contributed by atoms with Crippen LogP contribution in [0, 0.1) is 0 Å². The number of hydrogen-bond donors (Lipinski definition) is 0. The summed E-state index contributed by atoms with van der Waals surface area (Å²) < 4.78 is 10.2. The molecule has 0 bridgehead atoms.